The van der Waals surface area contributed by atoms with E-state index in [4.69, 9.17) is 0 Å². The number of rotatable bonds is 2. The number of thiazole rings is 1. The van der Waals surface area contributed by atoms with Gasteiger partial charge in [0.15, 0.2) is 0 Å². The zero-order chi connectivity index (χ0) is 17.2. The van der Waals surface area contributed by atoms with Gasteiger partial charge in [-0.1, -0.05) is 18.9 Å². The number of amides is 1. The molecule has 0 saturated heterocycles. The molecule has 1 aliphatic heterocycles. The third kappa shape index (κ3) is 3.45. The molecule has 1 fully saturated rings. The maximum Gasteiger partial charge on any atom is 0.276 e. The maximum atomic E-state index is 12.1. The number of fused-ring (bicyclic) bond motifs is 1. The van der Waals surface area contributed by atoms with Crippen molar-refractivity contribution in [3.8, 4) is 0 Å². The van der Waals surface area contributed by atoms with Crippen LogP contribution in [0.5, 0.6) is 0 Å². The number of guanidine groups is 1. The van der Waals surface area contributed by atoms with Gasteiger partial charge in [0.1, 0.15) is 11.2 Å². The van der Waals surface area contributed by atoms with Crippen molar-refractivity contribution in [3.05, 3.63) is 35.0 Å². The van der Waals surface area contributed by atoms with Crippen LogP contribution in [-0.4, -0.2) is 34.3 Å². The second-order valence-corrected chi connectivity index (χ2v) is 7.01. The van der Waals surface area contributed by atoms with E-state index in [-0.39, 0.29) is 29.6 Å². The van der Waals surface area contributed by atoms with Crippen LogP contribution in [0.1, 0.15) is 31.2 Å². The average molecular weight is 352 g/mol. The lowest BCUT2D eigenvalue weighted by atomic mass is 9.87. The number of hydrogen-bond acceptors (Lipinski definition) is 6. The predicted molar refractivity (Wildman–Crippen MR) is 97.3 cm³/mol. The first kappa shape index (κ1) is 15.9. The normalized spacial score (nSPS) is 25.4. The molecule has 0 bridgehead atoms. The Bertz CT molecular complexity index is 899. The average Bonchev–Trinajstić information content (AvgIpc) is 3.21. The smallest absolute Gasteiger partial charge is 0.276 e. The third-order valence-corrected chi connectivity index (χ3v) is 5.13. The van der Waals surface area contributed by atoms with E-state index in [0.29, 0.717) is 0 Å². The van der Waals surface area contributed by atoms with Crippen molar-refractivity contribution in [1.82, 2.24) is 10.3 Å². The second kappa shape index (κ2) is 6.75. The fourth-order valence-electron chi connectivity index (χ4n) is 2.98. The van der Waals surface area contributed by atoms with Gasteiger partial charge < -0.3 is 5.11 Å². The zero-order valence-corrected chi connectivity index (χ0v) is 14.2. The van der Waals surface area contributed by atoms with Crippen molar-refractivity contribution in [2.24, 2.45) is 15.9 Å². The number of aliphatic hydroxyl groups excluding tert-OH is 1. The summed E-state index contributed by atoms with van der Waals surface area (Å²) >= 11 is 1.51. The standard InChI is InChI=1S/C18H16N4O2S/c23-15-4-2-1-3-12(15)9-19-18-21-14(17(24)22-18)7-11-5-6-13-16(8-11)25-10-20-13/h7-10,12,15,23H,1-4H2,(H,21,22,24)/b14-7-,19-9?/t12?,15-/m1/s1. The highest BCUT2D eigenvalue weighted by atomic mass is 32.1. The number of hydrogen-bond donors (Lipinski definition) is 2. The first-order valence-corrected chi connectivity index (χ1v) is 9.08. The van der Waals surface area contributed by atoms with Crippen LogP contribution in [0.15, 0.2) is 27.3 Å². The van der Waals surface area contributed by atoms with Crippen LogP contribution in [0.3, 0.4) is 0 Å². The lowest BCUT2D eigenvalue weighted by molar-refractivity contribution is -0.115. The lowest BCUT2D eigenvalue weighted by Gasteiger charge is -2.23. The van der Waals surface area contributed by atoms with E-state index >= 15 is 0 Å². The number of aromatic nitrogens is 1. The fourth-order valence-corrected chi connectivity index (χ4v) is 3.66. The van der Waals surface area contributed by atoms with Gasteiger partial charge in [0.2, 0.25) is 5.96 Å². The second-order valence-electron chi connectivity index (χ2n) is 6.13. The topological polar surface area (TPSA) is 86.9 Å². The van der Waals surface area contributed by atoms with Gasteiger partial charge in [0.05, 0.1) is 16.3 Å². The molecule has 1 aliphatic carbocycles. The monoisotopic (exact) mass is 352 g/mol. The fraction of sp³-hybridized carbons (Fsp3) is 0.333. The molecule has 1 aromatic carbocycles. The van der Waals surface area contributed by atoms with Gasteiger partial charge in [-0.05, 0) is 31.1 Å². The summed E-state index contributed by atoms with van der Waals surface area (Å²) in [6.45, 7) is 0. The molecular weight excluding hydrogens is 336 g/mol. The summed E-state index contributed by atoms with van der Waals surface area (Å²) in [5.74, 6) is -0.0101. The number of nitrogens with zero attached hydrogens (tertiary/aromatic N) is 3. The number of carbonyl (C=O) groups excluding carboxylic acids is 1. The molecule has 126 valence electrons. The van der Waals surface area contributed by atoms with E-state index in [0.717, 1.165) is 41.5 Å². The van der Waals surface area contributed by atoms with Gasteiger partial charge in [0.25, 0.3) is 5.91 Å². The van der Waals surface area contributed by atoms with Crippen LogP contribution in [0.25, 0.3) is 16.3 Å². The molecule has 2 aliphatic rings. The molecule has 0 spiro atoms. The molecule has 25 heavy (non-hydrogen) atoms. The van der Waals surface area contributed by atoms with E-state index in [1.165, 1.54) is 11.3 Å². The van der Waals surface area contributed by atoms with Gasteiger partial charge in [-0.15, -0.1) is 11.3 Å². The summed E-state index contributed by atoms with van der Waals surface area (Å²) < 4.78 is 0.984. The first-order valence-electron chi connectivity index (χ1n) is 8.20. The SMILES string of the molecule is O=C1NC(N=CC2CCCC[C@H]2O)=N/C1=C\c1c#cc2ncsc2c1. The summed E-state index contributed by atoms with van der Waals surface area (Å²) in [5.41, 5.74) is 3.52. The molecule has 6 nitrogen and oxygen atoms in total. The van der Waals surface area contributed by atoms with Crippen LogP contribution >= 0.6 is 11.3 Å². The van der Waals surface area contributed by atoms with Crippen molar-refractivity contribution in [3.63, 3.8) is 0 Å². The maximum absolute atomic E-state index is 12.1. The lowest BCUT2D eigenvalue weighted by Crippen LogP contribution is -2.27. The molecule has 7 heteroatoms. The van der Waals surface area contributed by atoms with Crippen molar-refractivity contribution in [2.45, 2.75) is 31.8 Å². The Morgan fingerprint density at radius 2 is 2.24 bits per heavy atom. The van der Waals surface area contributed by atoms with Crippen molar-refractivity contribution < 1.29 is 9.90 Å². The quantitative estimate of drug-likeness (QED) is 0.642. The van der Waals surface area contributed by atoms with Gasteiger partial charge in [-0.25, -0.2) is 15.0 Å². The summed E-state index contributed by atoms with van der Waals surface area (Å²) in [6.07, 6.45) is 6.85. The largest absolute Gasteiger partial charge is 0.392 e. The van der Waals surface area contributed by atoms with E-state index < -0.39 is 0 Å². The molecule has 2 N–H and O–H groups in total. The summed E-state index contributed by atoms with van der Waals surface area (Å²) in [5, 5.41) is 12.6. The van der Waals surface area contributed by atoms with Crippen LogP contribution < -0.4 is 5.32 Å². The van der Waals surface area contributed by atoms with Crippen LogP contribution in [0.2, 0.25) is 0 Å². The highest BCUT2D eigenvalue weighted by molar-refractivity contribution is 7.16. The molecule has 2 aromatic rings. The Hall–Kier alpha value is -2.56. The number of aliphatic imine (C=N–C) groups is 2. The van der Waals surface area contributed by atoms with Crippen molar-refractivity contribution >= 4 is 45.7 Å². The summed E-state index contributed by atoms with van der Waals surface area (Å²) in [6, 6.07) is 7.84. The van der Waals surface area contributed by atoms with Crippen molar-refractivity contribution in [2.75, 3.05) is 0 Å². The van der Waals surface area contributed by atoms with E-state index in [9.17, 15) is 9.90 Å². The molecule has 1 saturated carbocycles. The molecule has 0 radical (unpaired) electrons. The van der Waals surface area contributed by atoms with Gasteiger partial charge >= 0.3 is 0 Å². The first-order chi connectivity index (χ1) is 12.2. The molecule has 1 amide bonds. The van der Waals surface area contributed by atoms with Gasteiger partial charge in [-0.3, -0.25) is 10.1 Å². The van der Waals surface area contributed by atoms with Crippen LogP contribution in [0, 0.1) is 18.1 Å². The Balaban J connectivity index is 1.53. The van der Waals surface area contributed by atoms with Crippen LogP contribution in [0.4, 0.5) is 0 Å². The minimum Gasteiger partial charge on any atom is -0.392 e. The third-order valence-electron chi connectivity index (χ3n) is 4.35. The minimum absolute atomic E-state index is 0.0260. The molecule has 2 atom stereocenters. The number of nitrogens with one attached hydrogen (secondary N) is 1. The Morgan fingerprint density at radius 3 is 3.12 bits per heavy atom. The molecule has 1 aromatic heterocycles. The summed E-state index contributed by atoms with van der Waals surface area (Å²) in [7, 11) is 0. The summed E-state index contributed by atoms with van der Waals surface area (Å²) in [4.78, 5) is 24.7. The molecule has 4 rings (SSSR count). The van der Waals surface area contributed by atoms with Gasteiger partial charge in [-0.2, -0.15) is 0 Å². The van der Waals surface area contributed by atoms with E-state index in [2.05, 4.69) is 32.4 Å². The molecule has 1 unspecified atom stereocenters. The van der Waals surface area contributed by atoms with E-state index in [1.807, 2.05) is 6.07 Å². The Kier molecular flexibility index (Phi) is 4.30. The zero-order valence-electron chi connectivity index (χ0n) is 13.4. The highest BCUT2D eigenvalue weighted by Crippen LogP contribution is 2.23. The van der Waals surface area contributed by atoms with Crippen LogP contribution in [-0.2, 0) is 4.79 Å². The molecule has 2 heterocycles. The predicted octanol–water partition coefficient (Wildman–Crippen LogP) is 2.35. The minimum atomic E-state index is -0.360. The number of aliphatic hydroxyl groups is 1. The Labute approximate surface area is 149 Å². The highest BCUT2D eigenvalue weighted by Gasteiger charge is 2.23. The van der Waals surface area contributed by atoms with Gasteiger partial charge in [0, 0.05) is 17.7 Å². The Morgan fingerprint density at radius 1 is 1.36 bits per heavy atom. The van der Waals surface area contributed by atoms with E-state index in [1.54, 1.807) is 17.8 Å². The molecular formula is C18H16N4O2S. The number of carbonyl (C=O) groups is 1. The van der Waals surface area contributed by atoms with Crippen molar-refractivity contribution in [1.29, 1.82) is 0 Å².